The molecule has 0 bridgehead atoms. The molecule has 1 saturated heterocycles. The molecular weight excluding hydrogens is 1720 g/mol. The molecule has 10 N–H and O–H groups in total. The number of likely N-dealkylation sites (tertiary alicyclic amines) is 1. The number of nitrogens with zero attached hydrogens (tertiary/aromatic N) is 2. The molecule has 36 nitrogen and oxygen atoms in total. The van der Waals surface area contributed by atoms with Gasteiger partial charge >= 0.3 is 36.6 Å². The van der Waals surface area contributed by atoms with Gasteiger partial charge in [0.05, 0.1) is 6.54 Å². The first kappa shape index (κ1) is 126. The first-order valence-electron chi connectivity index (χ1n) is 42.4. The summed E-state index contributed by atoms with van der Waals surface area (Å²) < 4.78 is 30.8. The number of Topliss-reactive ketones (excluding diaryl/α,β-unsaturated/α-hetero) is 7. The fraction of sp³-hybridized carbons (Fsp3) is 0.485. The summed E-state index contributed by atoms with van der Waals surface area (Å²) in [6.45, 7) is 30.9. The lowest BCUT2D eigenvalue weighted by molar-refractivity contribution is -0.138. The number of imide groups is 2. The number of alkyl carbamates (subject to hydrolysis) is 4. The molecule has 8 rings (SSSR count). The number of nitrogens with one attached hydrogen (secondary N) is 6. The first-order chi connectivity index (χ1) is 61.6. The lowest BCUT2D eigenvalue weighted by Crippen LogP contribution is -2.44. The number of ether oxygens (including phenoxy) is 6. The van der Waals surface area contributed by atoms with Crippen LogP contribution in [-0.4, -0.2) is 225 Å². The molecule has 0 radical (unpaired) electrons. The van der Waals surface area contributed by atoms with Crippen LogP contribution in [0.5, 0.6) is 0 Å². The van der Waals surface area contributed by atoms with E-state index in [-0.39, 0.29) is 137 Å². The van der Waals surface area contributed by atoms with Crippen molar-refractivity contribution >= 4 is 120 Å². The van der Waals surface area contributed by atoms with Gasteiger partial charge < -0.3 is 86.2 Å². The number of carbonyl (C=O) groups is 20. The number of amides is 10. The maximum atomic E-state index is 11.9. The highest BCUT2D eigenvalue weighted by atomic mass is 16.6. The highest BCUT2D eigenvalue weighted by Gasteiger charge is 2.33. The van der Waals surface area contributed by atoms with Crippen molar-refractivity contribution in [3.8, 4) is 22.3 Å². The Bertz CT molecular complexity index is 4330. The van der Waals surface area contributed by atoms with Crippen LogP contribution in [-0.2, 0) is 102 Å². The minimum Gasteiger partial charge on any atom is -0.449 e. The lowest BCUT2D eigenvalue weighted by atomic mass is 9.98. The summed E-state index contributed by atoms with van der Waals surface area (Å²) >= 11 is 0. The van der Waals surface area contributed by atoms with Crippen molar-refractivity contribution in [3.63, 3.8) is 0 Å². The summed E-state index contributed by atoms with van der Waals surface area (Å²) in [7, 11) is 0. The molecule has 0 unspecified atom stereocenters. The minimum absolute atomic E-state index is 0. The molecule has 36 heteroatoms. The maximum Gasteiger partial charge on any atom is 0.419 e. The molecule has 0 aromatic heterocycles. The molecule has 0 atom stereocenters. The summed E-state index contributed by atoms with van der Waals surface area (Å²) in [4.78, 5) is 215. The average Bonchev–Trinajstić information content (AvgIpc) is 1.62. The fourth-order valence-electron chi connectivity index (χ4n) is 10.7. The highest BCUT2D eigenvalue weighted by Crippen LogP contribution is 2.46. The van der Waals surface area contributed by atoms with E-state index < -0.39 is 53.4 Å². The second kappa shape index (κ2) is 71.4. The van der Waals surface area contributed by atoms with E-state index in [1.165, 1.54) is 99.9 Å². The summed E-state index contributed by atoms with van der Waals surface area (Å²) in [6, 6.07) is 42.1. The van der Waals surface area contributed by atoms with Gasteiger partial charge in [0.15, 0.2) is 0 Å². The van der Waals surface area contributed by atoms with Crippen LogP contribution in [0.3, 0.4) is 0 Å². The van der Waals surface area contributed by atoms with Gasteiger partial charge in [0.25, 0.3) is 0 Å². The van der Waals surface area contributed by atoms with E-state index in [0.717, 1.165) is 15.4 Å². The Morgan fingerprint density at radius 1 is 0.398 bits per heavy atom. The molecule has 2 aliphatic carbocycles. The Kier molecular flexibility index (Phi) is 67.6. The van der Waals surface area contributed by atoms with Gasteiger partial charge in [-0.2, -0.15) is 0 Å². The summed E-state index contributed by atoms with van der Waals surface area (Å²) in [5.74, 6) is 0.0962. The summed E-state index contributed by atoms with van der Waals surface area (Å²) in [5.41, 5.74) is 18.2. The second-order valence-electron chi connectivity index (χ2n) is 32.0. The van der Waals surface area contributed by atoms with Crippen molar-refractivity contribution in [1.82, 2.24) is 41.7 Å². The minimum atomic E-state index is -0.816. The number of rotatable bonds is 33. The third-order valence-corrected chi connectivity index (χ3v) is 16.5. The van der Waals surface area contributed by atoms with Crippen molar-refractivity contribution < 1.29 is 124 Å². The van der Waals surface area contributed by atoms with Crippen LogP contribution in [0, 0.1) is 0 Å². The number of fused-ring (bicyclic) bond motifs is 6. The molecule has 10 amide bonds. The van der Waals surface area contributed by atoms with Crippen molar-refractivity contribution in [2.24, 2.45) is 11.5 Å². The molecule has 133 heavy (non-hydrogen) atoms. The van der Waals surface area contributed by atoms with E-state index >= 15 is 0 Å². The predicted octanol–water partition coefficient (Wildman–Crippen LogP) is 12.6. The van der Waals surface area contributed by atoms with Gasteiger partial charge in [-0.05, 0) is 167 Å². The zero-order valence-corrected chi connectivity index (χ0v) is 78.5. The van der Waals surface area contributed by atoms with E-state index in [1.54, 1.807) is 62.3 Å². The molecule has 736 valence electrons. The van der Waals surface area contributed by atoms with Gasteiger partial charge in [-0.1, -0.05) is 142 Å². The van der Waals surface area contributed by atoms with Gasteiger partial charge in [-0.25, -0.2) is 33.7 Å². The molecule has 0 saturated carbocycles. The van der Waals surface area contributed by atoms with Crippen molar-refractivity contribution in [2.75, 3.05) is 78.7 Å². The van der Waals surface area contributed by atoms with Gasteiger partial charge in [0.2, 0.25) is 24.1 Å². The number of carbonyl (C=O) groups excluding carboxylic acids is 20. The van der Waals surface area contributed by atoms with Gasteiger partial charge in [-0.3, -0.25) is 57.6 Å². The quantitative estimate of drug-likeness (QED) is 0.00837. The molecule has 1 aliphatic heterocycles. The monoisotopic (exact) mass is 1860 g/mol. The fourth-order valence-corrected chi connectivity index (χ4v) is 10.7. The lowest BCUT2D eigenvalue weighted by Gasteiger charge is -2.28. The number of nitrogens with two attached hydrogens (primary N) is 2. The van der Waals surface area contributed by atoms with Crippen LogP contribution in [0.25, 0.3) is 22.3 Å². The Hall–Kier alpha value is -13.4. The Morgan fingerprint density at radius 2 is 0.722 bits per heavy atom. The SMILES string of the molecule is C.C.CC(=O)CCN.CC(=O)CCNC(=O)OC(C)(C)C.CC(=O)CCNC(=O)OCC1c2ccccc2-c2ccccc21.CC(=O)CCNC(=O)OCc1ccccc1.CC(=O)CCNC(C)=O.CC(=O)CCNC=O.CC(=O)CNC(=O)OCC1c2ccccc2-c2ccccc21.CC(C)(C)OC(=O)N(CCC=O)C(=O)OC(C)(C)C.NCC=O.O=CCCN1C(=O)CCC1=O. The van der Waals surface area contributed by atoms with Crippen LogP contribution >= 0.6 is 0 Å². The topological polar surface area (TPSA) is 527 Å². The molecule has 1 fully saturated rings. The van der Waals surface area contributed by atoms with Gasteiger partial charge in [0.1, 0.15) is 96.0 Å². The van der Waals surface area contributed by atoms with E-state index in [1.807, 2.05) is 78.9 Å². The highest BCUT2D eigenvalue weighted by molar-refractivity contribution is 6.02. The third kappa shape index (κ3) is 63.3. The number of hydrogen-bond donors (Lipinski definition) is 8. The molecule has 3 aliphatic rings. The standard InChI is InChI=1S/C19H19NO3.C18H17NO3.C13H23NO5.C12H15NO3.C9H17NO3.C7H9NO3.C6H11NO2.C5H9NO2.C4H9NO.C2H5NO.2CH4/c1-13(21)10-11-20-19(22)23-12-18-16-8-4-2-6-14(16)15-7-3-5-9-17(15)18;1-12(20)10-19-18(21)22-11-17-15-8-4-2-6-13(15)14-7-3-5-9-16(14)17;1-12(2,3)18-10(16)14(8-7-9-15)11(17)19-13(4,5)6;1-10(14)7-8-13-12(15)16-9-11-5-3-2-4-6-11;1-7(11)5-6-10-8(12)13-9(2,3)4;9-5-1-4-8-6(10)2-3-7(8)11;1-5(8)3-4-7-6(2)9;1-5(8)2-3-6-4-7;1-4(6)2-3-5;3-1-2-4;;/h2-9,18H,10-12H2,1H3,(H,20,22);2-9,17H,10-11H2,1H3,(H,19,21);9H,7-8H2,1-6H3;2-6H,7-9H2,1H3,(H,13,15);5-6H2,1-4H3,(H,10,12);5H,1-4H2;3-4H2,1-2H3,(H,7,9);4H,2-3H2,1H3,(H,6,7);2-3,5H2,1H3;2H,1,3H2;2*1H4. The Morgan fingerprint density at radius 3 is 1.03 bits per heavy atom. The van der Waals surface area contributed by atoms with Crippen LogP contribution in [0.1, 0.15) is 236 Å². The van der Waals surface area contributed by atoms with Crippen LogP contribution in [0.2, 0.25) is 0 Å². The predicted molar refractivity (Wildman–Crippen MR) is 504 cm³/mol. The molecule has 5 aromatic carbocycles. The van der Waals surface area contributed by atoms with Crippen molar-refractivity contribution in [1.29, 1.82) is 0 Å². The second-order valence-corrected chi connectivity index (χ2v) is 32.0. The normalized spacial score (nSPS) is 11.2. The third-order valence-electron chi connectivity index (χ3n) is 16.5. The Balaban J connectivity index is -0.000000717. The molecule has 0 spiro atoms. The molecule has 1 heterocycles. The largest absolute Gasteiger partial charge is 0.449 e. The van der Waals surface area contributed by atoms with Crippen molar-refractivity contribution in [3.05, 3.63) is 155 Å². The number of benzene rings is 5. The summed E-state index contributed by atoms with van der Waals surface area (Å²) in [6.07, 6.45) is 2.20. The zero-order valence-electron chi connectivity index (χ0n) is 78.5. The average molecular weight is 1860 g/mol. The number of hydrogen-bond acceptors (Lipinski definition) is 28. The van der Waals surface area contributed by atoms with E-state index in [4.69, 9.17) is 38.9 Å². The maximum absolute atomic E-state index is 11.9. The first-order valence-corrected chi connectivity index (χ1v) is 42.4. The van der Waals surface area contributed by atoms with Crippen LogP contribution < -0.4 is 43.4 Å². The molecule has 5 aromatic rings. The van der Waals surface area contributed by atoms with Gasteiger partial charge in [0, 0.05) is 135 Å². The van der Waals surface area contributed by atoms with E-state index in [0.29, 0.717) is 123 Å². The van der Waals surface area contributed by atoms with E-state index in [2.05, 4.69) is 86.2 Å². The zero-order chi connectivity index (χ0) is 99.7. The Labute approximate surface area is 782 Å². The molecular formula is C97H142N10O26. The van der Waals surface area contributed by atoms with Crippen LogP contribution in [0.15, 0.2) is 127 Å². The number of aldehydes is 3. The van der Waals surface area contributed by atoms with Gasteiger partial charge in [-0.15, -0.1) is 0 Å². The summed E-state index contributed by atoms with van der Waals surface area (Å²) in [5, 5.41) is 14.9. The van der Waals surface area contributed by atoms with Crippen molar-refractivity contribution in [2.45, 2.75) is 232 Å². The number of ketones is 7. The van der Waals surface area contributed by atoms with E-state index in [9.17, 15) is 91.1 Å². The van der Waals surface area contributed by atoms with Crippen LogP contribution in [0.4, 0.5) is 28.8 Å². The smallest absolute Gasteiger partial charge is 0.419 e.